The maximum Gasteiger partial charge on any atom is 0.269 e. The number of nitrogens with one attached hydrogen (secondary N) is 1. The monoisotopic (exact) mass is 370 g/mol. The van der Waals surface area contributed by atoms with Crippen LogP contribution in [-0.4, -0.2) is 18.3 Å². The number of carbonyl (C=O) groups is 1. The van der Waals surface area contributed by atoms with Crippen LogP contribution in [0.4, 0.5) is 11.4 Å². The molecule has 0 aromatic heterocycles. The molecule has 0 spiro atoms. The Bertz CT molecular complexity index is 729. The van der Waals surface area contributed by atoms with Gasteiger partial charge in [-0.2, -0.15) is 0 Å². The molecule has 2 aromatic rings. The van der Waals surface area contributed by atoms with Crippen molar-refractivity contribution in [2.45, 2.75) is 38.6 Å². The van der Waals surface area contributed by atoms with Gasteiger partial charge in [0.25, 0.3) is 5.69 Å². The largest absolute Gasteiger partial charge is 0.497 e. The van der Waals surface area contributed by atoms with Gasteiger partial charge in [-0.3, -0.25) is 10.1 Å². The van der Waals surface area contributed by atoms with E-state index in [4.69, 9.17) is 4.74 Å². The third-order valence-electron chi connectivity index (χ3n) is 4.62. The number of hydrogen-bond acceptors (Lipinski definition) is 5. The number of non-ortho nitro benzene ring substituents is 1. The summed E-state index contributed by atoms with van der Waals surface area (Å²) in [6.45, 7) is 2.12. The number of aldehydes is 1. The van der Waals surface area contributed by atoms with Crippen molar-refractivity contribution in [1.82, 2.24) is 0 Å². The first-order valence-electron chi connectivity index (χ1n) is 9.19. The number of methoxy groups -OCH3 is 1. The Labute approximate surface area is 159 Å². The number of ether oxygens (including phenoxy) is 1. The number of benzene rings is 2. The third kappa shape index (κ3) is 5.81. The molecule has 2 rings (SSSR count). The third-order valence-corrected chi connectivity index (χ3v) is 4.62. The summed E-state index contributed by atoms with van der Waals surface area (Å²) in [5, 5.41) is 14.3. The average molecular weight is 370 g/mol. The van der Waals surface area contributed by atoms with E-state index in [1.54, 1.807) is 19.2 Å². The van der Waals surface area contributed by atoms with Gasteiger partial charge >= 0.3 is 0 Å². The van der Waals surface area contributed by atoms with E-state index in [0.29, 0.717) is 0 Å². The fourth-order valence-corrected chi connectivity index (χ4v) is 3.05. The number of nitro groups is 1. The lowest BCUT2D eigenvalue weighted by molar-refractivity contribution is -0.384. The molecule has 0 saturated heterocycles. The van der Waals surface area contributed by atoms with E-state index < -0.39 is 4.92 Å². The average Bonchev–Trinajstić information content (AvgIpc) is 2.70. The van der Waals surface area contributed by atoms with Crippen LogP contribution < -0.4 is 10.1 Å². The Hall–Kier alpha value is -2.89. The van der Waals surface area contributed by atoms with E-state index in [1.807, 2.05) is 24.3 Å². The van der Waals surface area contributed by atoms with Crippen molar-refractivity contribution in [2.24, 2.45) is 5.92 Å². The molecule has 0 heterocycles. The number of hydrogen-bond donors (Lipinski definition) is 1. The normalized spacial score (nSPS) is 12.8. The molecule has 144 valence electrons. The van der Waals surface area contributed by atoms with E-state index in [2.05, 4.69) is 12.2 Å². The number of nitro benzene ring substituents is 1. The highest BCUT2D eigenvalue weighted by Crippen LogP contribution is 2.31. The topological polar surface area (TPSA) is 81.5 Å². The van der Waals surface area contributed by atoms with Gasteiger partial charge in [0.15, 0.2) is 0 Å². The lowest BCUT2D eigenvalue weighted by atomic mass is 9.89. The quantitative estimate of drug-likeness (QED) is 0.256. The Morgan fingerprint density at radius 2 is 1.78 bits per heavy atom. The standard InChI is InChI=1S/C21H26N2O4/c1-3-4-5-6-17(15-24)21(16-7-11-19(12-8-16)23(25)26)22-18-9-13-20(27-2)14-10-18/h7-15,17,21-22H,3-6H2,1-2H3/t17-,21-/m1/s1. The summed E-state index contributed by atoms with van der Waals surface area (Å²) in [6.07, 6.45) is 4.87. The summed E-state index contributed by atoms with van der Waals surface area (Å²) < 4.78 is 5.18. The van der Waals surface area contributed by atoms with E-state index in [1.165, 1.54) is 12.1 Å². The van der Waals surface area contributed by atoms with Crippen LogP contribution in [0.5, 0.6) is 5.75 Å². The van der Waals surface area contributed by atoms with Gasteiger partial charge in [0.1, 0.15) is 12.0 Å². The van der Waals surface area contributed by atoms with Gasteiger partial charge in [0.2, 0.25) is 0 Å². The van der Waals surface area contributed by atoms with E-state index in [9.17, 15) is 14.9 Å². The van der Waals surface area contributed by atoms with Gasteiger partial charge in [-0.15, -0.1) is 0 Å². The Kier molecular flexibility index (Phi) is 7.79. The summed E-state index contributed by atoms with van der Waals surface area (Å²) in [7, 11) is 1.61. The SMILES string of the molecule is CCCCC[C@H](C=O)[C@H](Nc1ccc(OC)cc1)c1ccc([N+](=O)[O-])cc1. The molecule has 6 heteroatoms. The van der Waals surface area contributed by atoms with Crippen LogP contribution >= 0.6 is 0 Å². The van der Waals surface area contributed by atoms with Gasteiger partial charge < -0.3 is 14.8 Å². The highest BCUT2D eigenvalue weighted by molar-refractivity contribution is 5.59. The Morgan fingerprint density at radius 1 is 1.11 bits per heavy atom. The van der Waals surface area contributed by atoms with Crippen molar-refractivity contribution in [3.05, 3.63) is 64.2 Å². The van der Waals surface area contributed by atoms with Crippen LogP contribution in [0.1, 0.15) is 44.2 Å². The van der Waals surface area contributed by atoms with Gasteiger partial charge in [-0.1, -0.05) is 38.3 Å². The van der Waals surface area contributed by atoms with Crippen LogP contribution in [0.3, 0.4) is 0 Å². The fraction of sp³-hybridized carbons (Fsp3) is 0.381. The van der Waals surface area contributed by atoms with E-state index in [0.717, 1.165) is 49.0 Å². The van der Waals surface area contributed by atoms with Crippen LogP contribution in [0.15, 0.2) is 48.5 Å². The molecular weight excluding hydrogens is 344 g/mol. The van der Waals surface area contributed by atoms with Crippen LogP contribution in [0.25, 0.3) is 0 Å². The van der Waals surface area contributed by atoms with Crippen LogP contribution in [0.2, 0.25) is 0 Å². The molecule has 2 aromatic carbocycles. The predicted octanol–water partition coefficient (Wildman–Crippen LogP) is 5.15. The molecule has 0 aliphatic heterocycles. The van der Waals surface area contributed by atoms with Crippen molar-refractivity contribution in [1.29, 1.82) is 0 Å². The molecule has 0 radical (unpaired) electrons. The highest BCUT2D eigenvalue weighted by atomic mass is 16.6. The lowest BCUT2D eigenvalue weighted by Crippen LogP contribution is -2.22. The number of nitrogens with zero attached hydrogens (tertiary/aromatic N) is 1. The molecule has 27 heavy (non-hydrogen) atoms. The molecule has 2 atom stereocenters. The zero-order valence-corrected chi connectivity index (χ0v) is 15.8. The molecule has 0 unspecified atom stereocenters. The number of unbranched alkanes of at least 4 members (excludes halogenated alkanes) is 2. The molecule has 0 aliphatic rings. The number of anilines is 1. The van der Waals surface area contributed by atoms with Crippen LogP contribution in [0, 0.1) is 16.0 Å². The first-order chi connectivity index (χ1) is 13.1. The van der Waals surface area contributed by atoms with E-state index >= 15 is 0 Å². The summed E-state index contributed by atoms with van der Waals surface area (Å²) in [4.78, 5) is 22.3. The van der Waals surface area contributed by atoms with Crippen molar-refractivity contribution < 1.29 is 14.5 Å². The number of carbonyl (C=O) groups excluding carboxylic acids is 1. The molecular formula is C21H26N2O4. The summed E-state index contributed by atoms with van der Waals surface area (Å²) in [5.74, 6) is 0.530. The zero-order chi connectivity index (χ0) is 19.6. The summed E-state index contributed by atoms with van der Waals surface area (Å²) >= 11 is 0. The number of rotatable bonds is 11. The minimum absolute atomic E-state index is 0.0376. The second-order valence-electron chi connectivity index (χ2n) is 6.49. The maximum absolute atomic E-state index is 11.8. The highest BCUT2D eigenvalue weighted by Gasteiger charge is 2.23. The van der Waals surface area contributed by atoms with E-state index in [-0.39, 0.29) is 17.6 Å². The van der Waals surface area contributed by atoms with Crippen LogP contribution in [-0.2, 0) is 4.79 Å². The van der Waals surface area contributed by atoms with Gasteiger partial charge in [-0.25, -0.2) is 0 Å². The van der Waals surface area contributed by atoms with Crippen molar-refractivity contribution >= 4 is 17.7 Å². The molecule has 0 bridgehead atoms. The first kappa shape index (κ1) is 20.4. The predicted molar refractivity (Wildman–Crippen MR) is 106 cm³/mol. The van der Waals surface area contributed by atoms with Crippen molar-refractivity contribution in [3.63, 3.8) is 0 Å². The molecule has 0 amide bonds. The fourth-order valence-electron chi connectivity index (χ4n) is 3.05. The molecule has 0 fully saturated rings. The summed E-state index contributed by atoms with van der Waals surface area (Å²) in [5.41, 5.74) is 1.75. The lowest BCUT2D eigenvalue weighted by Gasteiger charge is -2.26. The Balaban J connectivity index is 2.27. The minimum atomic E-state index is -0.422. The van der Waals surface area contributed by atoms with Gasteiger partial charge in [-0.05, 0) is 36.2 Å². The molecule has 0 saturated carbocycles. The molecule has 0 aliphatic carbocycles. The van der Waals surface area contributed by atoms with Crippen molar-refractivity contribution in [2.75, 3.05) is 12.4 Å². The molecule has 1 N–H and O–H groups in total. The minimum Gasteiger partial charge on any atom is -0.497 e. The maximum atomic E-state index is 11.8. The second-order valence-corrected chi connectivity index (χ2v) is 6.49. The van der Waals surface area contributed by atoms with Crippen molar-refractivity contribution in [3.8, 4) is 5.75 Å². The van der Waals surface area contributed by atoms with Gasteiger partial charge in [0, 0.05) is 23.7 Å². The zero-order valence-electron chi connectivity index (χ0n) is 15.8. The molecule has 6 nitrogen and oxygen atoms in total. The smallest absolute Gasteiger partial charge is 0.269 e. The van der Waals surface area contributed by atoms with Gasteiger partial charge in [0.05, 0.1) is 18.1 Å². The second kappa shape index (κ2) is 10.3. The Morgan fingerprint density at radius 3 is 2.30 bits per heavy atom. The first-order valence-corrected chi connectivity index (χ1v) is 9.19. The summed E-state index contributed by atoms with van der Waals surface area (Å²) in [6, 6.07) is 13.6.